The summed E-state index contributed by atoms with van der Waals surface area (Å²) < 4.78 is 0. The Morgan fingerprint density at radius 2 is 1.86 bits per heavy atom. The first-order valence-electron chi connectivity index (χ1n) is 11.2. The van der Waals surface area contributed by atoms with Crippen LogP contribution in [-0.4, -0.2) is 21.2 Å². The average molecular weight is 507 g/mol. The van der Waals surface area contributed by atoms with Gasteiger partial charge in [0.15, 0.2) is 6.61 Å². The Balaban J connectivity index is 1.62. The van der Waals surface area contributed by atoms with Gasteiger partial charge in [-0.1, -0.05) is 5.16 Å². The van der Waals surface area contributed by atoms with E-state index in [9.17, 15) is 0 Å². The molecule has 4 aromatic rings. The molecule has 2 N–H and O–H groups in total. The molecule has 0 radical (unpaired) electrons. The number of oxime groups is 1. The molecule has 2 aromatic carbocycles. The number of thiazole rings is 1. The second-order valence-corrected chi connectivity index (χ2v) is 8.64. The number of nitrogens with zero attached hydrogens (tertiary/aromatic N) is 6. The van der Waals surface area contributed by atoms with Crippen LogP contribution >= 0.6 is 11.3 Å². The molecule has 0 amide bonds. The largest absolute Gasteiger partial charge is 0.389 e. The molecule has 0 saturated heterocycles. The third-order valence-corrected chi connectivity index (χ3v) is 5.83. The van der Waals surface area contributed by atoms with E-state index in [4.69, 9.17) is 15.4 Å². The van der Waals surface area contributed by atoms with Gasteiger partial charge in [0.2, 0.25) is 5.95 Å². The van der Waals surface area contributed by atoms with Crippen molar-refractivity contribution in [1.29, 1.82) is 10.5 Å². The lowest BCUT2D eigenvalue weighted by molar-refractivity contribution is 0.129. The zero-order valence-corrected chi connectivity index (χ0v) is 21.0. The standard InChI is InChI=1S/C27H22N8OS/c1-18-10-21(4-3-9-28)11-19(2)25(18)34-26-22(14-32-36-15-24-16-37-17-31-24)13-30-27(35-26)33-23-7-5-20(12-29)6-8-23/h3-8,10-11,13-14,16-17H,15H2,1-2H3,(H2,30,33,34,35)/b4-3+,32-14+. The van der Waals surface area contributed by atoms with Gasteiger partial charge in [-0.15, -0.1) is 11.3 Å². The van der Waals surface area contributed by atoms with Gasteiger partial charge in [0.05, 0.1) is 40.7 Å². The van der Waals surface area contributed by atoms with Crippen molar-refractivity contribution in [2.75, 3.05) is 10.6 Å². The molecule has 0 bridgehead atoms. The first kappa shape index (κ1) is 25.0. The van der Waals surface area contributed by atoms with Crippen LogP contribution in [0.25, 0.3) is 6.08 Å². The van der Waals surface area contributed by atoms with Crippen LogP contribution in [0.2, 0.25) is 0 Å². The van der Waals surface area contributed by atoms with Gasteiger partial charge in [0, 0.05) is 29.0 Å². The van der Waals surface area contributed by atoms with Gasteiger partial charge in [-0.25, -0.2) is 9.97 Å². The molecule has 0 unspecified atom stereocenters. The molecule has 0 spiro atoms. The van der Waals surface area contributed by atoms with Crippen molar-refractivity contribution >= 4 is 46.8 Å². The number of nitrogens with one attached hydrogen (secondary N) is 2. The van der Waals surface area contributed by atoms with E-state index in [2.05, 4.69) is 36.8 Å². The Labute approximate surface area is 218 Å². The summed E-state index contributed by atoms with van der Waals surface area (Å²) in [6.07, 6.45) is 6.42. The van der Waals surface area contributed by atoms with Gasteiger partial charge in [0.25, 0.3) is 0 Å². The van der Waals surface area contributed by atoms with Gasteiger partial charge in [-0.3, -0.25) is 0 Å². The predicted molar refractivity (Wildman–Crippen MR) is 145 cm³/mol. The molecule has 0 aliphatic rings. The number of hydrogen-bond donors (Lipinski definition) is 2. The van der Waals surface area contributed by atoms with Crippen molar-refractivity contribution in [2.24, 2.45) is 5.16 Å². The number of rotatable bonds is 9. The second-order valence-electron chi connectivity index (χ2n) is 7.92. The Morgan fingerprint density at radius 1 is 1.08 bits per heavy atom. The van der Waals surface area contributed by atoms with Crippen LogP contribution in [0.5, 0.6) is 0 Å². The van der Waals surface area contributed by atoms with Crippen LogP contribution < -0.4 is 10.6 Å². The molecule has 2 heterocycles. The number of hydrogen-bond acceptors (Lipinski definition) is 10. The van der Waals surface area contributed by atoms with Crippen LogP contribution in [0.4, 0.5) is 23.1 Å². The van der Waals surface area contributed by atoms with Gasteiger partial charge in [-0.2, -0.15) is 15.5 Å². The van der Waals surface area contributed by atoms with E-state index in [1.165, 1.54) is 17.4 Å². The summed E-state index contributed by atoms with van der Waals surface area (Å²) >= 11 is 1.49. The van der Waals surface area contributed by atoms with E-state index in [-0.39, 0.29) is 6.61 Å². The Kier molecular flexibility index (Phi) is 8.17. The van der Waals surface area contributed by atoms with Gasteiger partial charge in [-0.05, 0) is 73.0 Å². The van der Waals surface area contributed by atoms with Crippen LogP contribution in [0, 0.1) is 36.5 Å². The molecule has 10 heteroatoms. The summed E-state index contributed by atoms with van der Waals surface area (Å²) in [5, 5.41) is 30.4. The topological polar surface area (TPSA) is 132 Å². The molecule has 0 saturated carbocycles. The molecule has 0 aliphatic carbocycles. The maximum absolute atomic E-state index is 9.03. The number of aryl methyl sites for hydroxylation is 2. The minimum atomic E-state index is 0.262. The summed E-state index contributed by atoms with van der Waals surface area (Å²) in [5.74, 6) is 0.898. The molecular formula is C27H22N8OS. The lowest BCUT2D eigenvalue weighted by Crippen LogP contribution is -2.06. The predicted octanol–water partition coefficient (Wildman–Crippen LogP) is 6.00. The summed E-state index contributed by atoms with van der Waals surface area (Å²) in [6, 6.07) is 15.1. The Hall–Kier alpha value is -5.06. The van der Waals surface area contributed by atoms with Crippen LogP contribution in [-0.2, 0) is 11.4 Å². The maximum Gasteiger partial charge on any atom is 0.229 e. The normalized spacial score (nSPS) is 10.8. The summed E-state index contributed by atoms with van der Waals surface area (Å²) in [6.45, 7) is 4.24. The molecule has 9 nitrogen and oxygen atoms in total. The molecule has 2 aromatic heterocycles. The van der Waals surface area contributed by atoms with E-state index in [0.717, 1.165) is 33.8 Å². The van der Waals surface area contributed by atoms with Crippen molar-refractivity contribution in [2.45, 2.75) is 20.5 Å². The first-order chi connectivity index (χ1) is 18.1. The molecule has 0 atom stereocenters. The summed E-state index contributed by atoms with van der Waals surface area (Å²) in [7, 11) is 0. The molecular weight excluding hydrogens is 484 g/mol. The van der Waals surface area contributed by atoms with Gasteiger partial charge < -0.3 is 15.5 Å². The summed E-state index contributed by atoms with van der Waals surface area (Å²) in [4.78, 5) is 18.7. The Morgan fingerprint density at radius 3 is 2.54 bits per heavy atom. The van der Waals surface area contributed by atoms with E-state index < -0.39 is 0 Å². The van der Waals surface area contributed by atoms with Gasteiger partial charge >= 0.3 is 0 Å². The fraction of sp³-hybridized carbons (Fsp3) is 0.111. The molecule has 0 aliphatic heterocycles. The van der Waals surface area contributed by atoms with E-state index >= 15 is 0 Å². The van der Waals surface area contributed by atoms with Gasteiger partial charge in [0.1, 0.15) is 5.82 Å². The van der Waals surface area contributed by atoms with Crippen molar-refractivity contribution in [3.05, 3.63) is 93.1 Å². The monoisotopic (exact) mass is 506 g/mol. The third kappa shape index (κ3) is 6.75. The lowest BCUT2D eigenvalue weighted by Gasteiger charge is -2.16. The van der Waals surface area contributed by atoms with Crippen molar-refractivity contribution < 1.29 is 4.84 Å². The lowest BCUT2D eigenvalue weighted by atomic mass is 10.0. The van der Waals surface area contributed by atoms with Crippen LogP contribution in [0.1, 0.15) is 33.5 Å². The average Bonchev–Trinajstić information content (AvgIpc) is 3.42. The highest BCUT2D eigenvalue weighted by molar-refractivity contribution is 7.07. The number of nitriles is 2. The molecule has 0 fully saturated rings. The van der Waals surface area contributed by atoms with Crippen molar-refractivity contribution in [3.63, 3.8) is 0 Å². The Bertz CT molecular complexity index is 1490. The number of anilines is 4. The minimum absolute atomic E-state index is 0.262. The highest BCUT2D eigenvalue weighted by Crippen LogP contribution is 2.28. The number of benzene rings is 2. The van der Waals surface area contributed by atoms with Crippen LogP contribution in [0.15, 0.2) is 64.7 Å². The second kappa shape index (κ2) is 12.1. The fourth-order valence-corrected chi connectivity index (χ4v) is 3.99. The molecule has 37 heavy (non-hydrogen) atoms. The molecule has 182 valence electrons. The SMILES string of the molecule is Cc1cc(/C=C/C#N)cc(C)c1Nc1nc(Nc2ccc(C#N)cc2)ncc1/C=N/OCc1cscn1. The highest BCUT2D eigenvalue weighted by Gasteiger charge is 2.11. The van der Waals surface area contributed by atoms with Crippen molar-refractivity contribution in [3.8, 4) is 12.1 Å². The fourth-order valence-electron chi connectivity index (χ4n) is 3.45. The van der Waals surface area contributed by atoms with E-state index in [1.54, 1.807) is 48.3 Å². The minimum Gasteiger partial charge on any atom is -0.389 e. The zero-order chi connectivity index (χ0) is 26.0. The molecule has 4 rings (SSSR count). The smallest absolute Gasteiger partial charge is 0.229 e. The number of allylic oxidation sites excluding steroid dienone is 1. The van der Waals surface area contributed by atoms with Crippen molar-refractivity contribution in [1.82, 2.24) is 15.0 Å². The maximum atomic E-state index is 9.03. The third-order valence-electron chi connectivity index (χ3n) is 5.20. The summed E-state index contributed by atoms with van der Waals surface area (Å²) in [5.41, 5.74) is 8.27. The zero-order valence-electron chi connectivity index (χ0n) is 20.1. The number of aromatic nitrogens is 3. The quantitative estimate of drug-likeness (QED) is 0.161. The first-order valence-corrected chi connectivity index (χ1v) is 12.1. The highest BCUT2D eigenvalue weighted by atomic mass is 32.1. The van der Waals surface area contributed by atoms with E-state index in [0.29, 0.717) is 22.9 Å². The van der Waals surface area contributed by atoms with E-state index in [1.807, 2.05) is 37.4 Å². The van der Waals surface area contributed by atoms with Crippen LogP contribution in [0.3, 0.4) is 0 Å².